The van der Waals surface area contributed by atoms with Crippen LogP contribution in [-0.4, -0.2) is 45.6 Å². The second-order valence-corrected chi connectivity index (χ2v) is 8.00. The lowest BCUT2D eigenvalue weighted by molar-refractivity contribution is 0.0994. The van der Waals surface area contributed by atoms with Crippen LogP contribution in [0.1, 0.15) is 21.7 Å². The number of nitrogens with zero attached hydrogens (tertiary/aromatic N) is 4. The standard InChI is InChI=1S/C17H18N6O4S/c18-17(25)15-12-5-6-14-13(9-20-22(14)7-8-24)16(12)23(21-15)10-1-3-11(4-2-10)28(19,26)27/h1-4,9,24H,5-8H2,(H2,18,25)(H2,19,26,27). The van der Waals surface area contributed by atoms with E-state index in [1.54, 1.807) is 27.7 Å². The van der Waals surface area contributed by atoms with E-state index in [0.717, 1.165) is 16.8 Å². The maximum Gasteiger partial charge on any atom is 0.269 e. The van der Waals surface area contributed by atoms with E-state index in [1.165, 1.54) is 12.1 Å². The summed E-state index contributed by atoms with van der Waals surface area (Å²) in [6.07, 6.45) is 2.86. The topological polar surface area (TPSA) is 159 Å². The van der Waals surface area contributed by atoms with Crippen molar-refractivity contribution < 1.29 is 18.3 Å². The highest BCUT2D eigenvalue weighted by Gasteiger charge is 2.30. The number of hydrogen-bond donors (Lipinski definition) is 3. The molecule has 1 aliphatic rings. The van der Waals surface area contributed by atoms with Crippen LogP contribution in [0.2, 0.25) is 0 Å². The Labute approximate surface area is 160 Å². The summed E-state index contributed by atoms with van der Waals surface area (Å²) in [5.41, 5.74) is 9.38. The third kappa shape index (κ3) is 2.89. The molecule has 0 bridgehead atoms. The van der Waals surface area contributed by atoms with Gasteiger partial charge in [0.1, 0.15) is 0 Å². The molecule has 0 atom stereocenters. The molecule has 0 fully saturated rings. The zero-order valence-corrected chi connectivity index (χ0v) is 15.6. The van der Waals surface area contributed by atoms with E-state index in [0.29, 0.717) is 30.8 Å². The molecule has 1 amide bonds. The van der Waals surface area contributed by atoms with Crippen LogP contribution in [-0.2, 0) is 29.4 Å². The summed E-state index contributed by atoms with van der Waals surface area (Å²) in [5, 5.41) is 23.1. The molecule has 10 nitrogen and oxygen atoms in total. The van der Waals surface area contributed by atoms with E-state index < -0.39 is 15.9 Å². The minimum absolute atomic E-state index is 0.0242. The summed E-state index contributed by atoms with van der Waals surface area (Å²) >= 11 is 0. The van der Waals surface area contributed by atoms with E-state index in [1.807, 2.05) is 0 Å². The number of hydrogen-bond acceptors (Lipinski definition) is 6. The molecule has 0 saturated heterocycles. The lowest BCUT2D eigenvalue weighted by Crippen LogP contribution is -2.16. The van der Waals surface area contributed by atoms with Gasteiger partial charge in [-0.3, -0.25) is 9.48 Å². The van der Waals surface area contributed by atoms with Crippen molar-refractivity contribution in [1.82, 2.24) is 19.6 Å². The number of nitrogens with two attached hydrogens (primary N) is 2. The molecular formula is C17H18N6O4S. The number of aliphatic hydroxyl groups excluding tert-OH is 1. The smallest absolute Gasteiger partial charge is 0.269 e. The predicted octanol–water partition coefficient (Wildman–Crippen LogP) is -0.427. The largest absolute Gasteiger partial charge is 0.394 e. The Morgan fingerprint density at radius 1 is 1.21 bits per heavy atom. The number of aromatic nitrogens is 4. The van der Waals surface area contributed by atoms with Gasteiger partial charge >= 0.3 is 0 Å². The van der Waals surface area contributed by atoms with Crippen LogP contribution >= 0.6 is 0 Å². The van der Waals surface area contributed by atoms with Crippen LogP contribution in [0.15, 0.2) is 35.4 Å². The van der Waals surface area contributed by atoms with E-state index in [2.05, 4.69) is 10.2 Å². The van der Waals surface area contributed by atoms with E-state index in [9.17, 15) is 18.3 Å². The van der Waals surface area contributed by atoms with Crippen LogP contribution in [0.3, 0.4) is 0 Å². The first-order valence-corrected chi connectivity index (χ1v) is 10.1. The van der Waals surface area contributed by atoms with Crippen LogP contribution in [0.5, 0.6) is 0 Å². The maximum atomic E-state index is 11.9. The number of benzene rings is 1. The van der Waals surface area contributed by atoms with Gasteiger partial charge in [-0.1, -0.05) is 0 Å². The van der Waals surface area contributed by atoms with Crippen molar-refractivity contribution in [1.29, 1.82) is 0 Å². The molecule has 2 heterocycles. The van der Waals surface area contributed by atoms with Crippen LogP contribution in [0, 0.1) is 0 Å². The average Bonchev–Trinajstić information content (AvgIpc) is 3.23. The van der Waals surface area contributed by atoms with Crippen molar-refractivity contribution in [3.63, 3.8) is 0 Å². The lowest BCUT2D eigenvalue weighted by atomic mass is 9.93. The first-order valence-electron chi connectivity index (χ1n) is 8.52. The lowest BCUT2D eigenvalue weighted by Gasteiger charge is -2.17. The van der Waals surface area contributed by atoms with Crippen molar-refractivity contribution in [3.8, 4) is 16.9 Å². The molecule has 1 aliphatic carbocycles. The minimum atomic E-state index is -3.82. The highest BCUT2D eigenvalue weighted by atomic mass is 32.2. The molecule has 4 rings (SSSR count). The molecule has 0 spiro atoms. The highest BCUT2D eigenvalue weighted by molar-refractivity contribution is 7.89. The first-order chi connectivity index (χ1) is 13.3. The number of primary sulfonamides is 1. The first kappa shape index (κ1) is 18.3. The van der Waals surface area contributed by atoms with Gasteiger partial charge in [-0.15, -0.1) is 0 Å². The molecule has 28 heavy (non-hydrogen) atoms. The molecule has 11 heteroatoms. The van der Waals surface area contributed by atoms with Gasteiger partial charge in [-0.2, -0.15) is 10.2 Å². The quantitative estimate of drug-likeness (QED) is 0.525. The zero-order valence-electron chi connectivity index (χ0n) is 14.7. The summed E-state index contributed by atoms with van der Waals surface area (Å²) in [4.78, 5) is 11.9. The van der Waals surface area contributed by atoms with E-state index in [4.69, 9.17) is 10.9 Å². The normalized spacial score (nSPS) is 13.2. The number of aliphatic hydroxyl groups is 1. The number of carbonyl (C=O) groups is 1. The summed E-state index contributed by atoms with van der Waals surface area (Å²) in [6, 6.07) is 5.87. The summed E-state index contributed by atoms with van der Waals surface area (Å²) in [7, 11) is -3.82. The number of sulfonamides is 1. The Balaban J connectivity index is 1.91. The molecular weight excluding hydrogens is 384 g/mol. The van der Waals surface area contributed by atoms with Crippen molar-refractivity contribution >= 4 is 15.9 Å². The number of primary amides is 1. The SMILES string of the molecule is NC(=O)c1nn(-c2ccc(S(N)(=O)=O)cc2)c2c1CCc1c-2cnn1CCO. The molecule has 2 aromatic heterocycles. The molecule has 0 unspecified atom stereocenters. The van der Waals surface area contributed by atoms with Crippen molar-refractivity contribution in [2.45, 2.75) is 24.3 Å². The fraction of sp³-hybridized carbons (Fsp3) is 0.235. The van der Waals surface area contributed by atoms with Crippen LogP contribution in [0.4, 0.5) is 0 Å². The van der Waals surface area contributed by atoms with Crippen molar-refractivity contribution in [2.75, 3.05) is 6.61 Å². The Hall–Kier alpha value is -3.02. The van der Waals surface area contributed by atoms with Gasteiger partial charge in [0.15, 0.2) is 5.69 Å². The Bertz CT molecular complexity index is 1180. The van der Waals surface area contributed by atoms with Gasteiger partial charge in [-0.05, 0) is 37.1 Å². The second-order valence-electron chi connectivity index (χ2n) is 6.44. The van der Waals surface area contributed by atoms with Gasteiger partial charge in [0.2, 0.25) is 10.0 Å². The van der Waals surface area contributed by atoms with Crippen LogP contribution in [0.25, 0.3) is 16.9 Å². The fourth-order valence-corrected chi connectivity index (χ4v) is 4.04. The number of fused-ring (bicyclic) bond motifs is 3. The third-order valence-corrected chi connectivity index (χ3v) is 5.68. The molecule has 0 radical (unpaired) electrons. The van der Waals surface area contributed by atoms with Gasteiger partial charge in [0.25, 0.3) is 5.91 Å². The molecule has 3 aromatic rings. The second kappa shape index (κ2) is 6.55. The van der Waals surface area contributed by atoms with Crippen molar-refractivity contribution in [3.05, 3.63) is 47.4 Å². The van der Waals surface area contributed by atoms with E-state index >= 15 is 0 Å². The Kier molecular flexibility index (Phi) is 4.29. The molecule has 0 aliphatic heterocycles. The summed E-state index contributed by atoms with van der Waals surface area (Å²) in [5.74, 6) is -0.637. The Morgan fingerprint density at radius 2 is 1.93 bits per heavy atom. The number of carbonyl (C=O) groups excluding carboxylic acids is 1. The van der Waals surface area contributed by atoms with Crippen molar-refractivity contribution in [2.24, 2.45) is 10.9 Å². The molecule has 146 valence electrons. The van der Waals surface area contributed by atoms with Gasteiger partial charge in [0, 0.05) is 16.8 Å². The molecule has 1 aromatic carbocycles. The minimum Gasteiger partial charge on any atom is -0.394 e. The summed E-state index contributed by atoms with van der Waals surface area (Å²) in [6.45, 7) is 0.326. The predicted molar refractivity (Wildman–Crippen MR) is 99.2 cm³/mol. The zero-order chi connectivity index (χ0) is 20.1. The summed E-state index contributed by atoms with van der Waals surface area (Å²) < 4.78 is 26.3. The van der Waals surface area contributed by atoms with Crippen LogP contribution < -0.4 is 10.9 Å². The van der Waals surface area contributed by atoms with Gasteiger partial charge in [-0.25, -0.2) is 18.2 Å². The van der Waals surface area contributed by atoms with E-state index in [-0.39, 0.29) is 17.2 Å². The van der Waals surface area contributed by atoms with Gasteiger partial charge in [0.05, 0.1) is 35.6 Å². The third-order valence-electron chi connectivity index (χ3n) is 4.75. The molecule has 0 saturated carbocycles. The monoisotopic (exact) mass is 402 g/mol. The molecule has 5 N–H and O–H groups in total. The Morgan fingerprint density at radius 3 is 2.54 bits per heavy atom. The number of rotatable bonds is 5. The maximum absolute atomic E-state index is 11.9. The highest BCUT2D eigenvalue weighted by Crippen LogP contribution is 2.36. The number of amides is 1. The average molecular weight is 402 g/mol. The fourth-order valence-electron chi connectivity index (χ4n) is 3.53. The van der Waals surface area contributed by atoms with Gasteiger partial charge < -0.3 is 10.8 Å².